The largest absolute Gasteiger partial charge is 0.506 e. The highest BCUT2D eigenvalue weighted by Crippen LogP contribution is 2.32. The summed E-state index contributed by atoms with van der Waals surface area (Å²) in [6.07, 6.45) is -2.94. The summed E-state index contributed by atoms with van der Waals surface area (Å²) in [4.78, 5) is 11.4. The Morgan fingerprint density at radius 2 is 2.24 bits per heavy atom. The van der Waals surface area contributed by atoms with Crippen LogP contribution in [-0.2, 0) is 4.74 Å². The molecule has 0 aliphatic rings. The molecule has 0 saturated heterocycles. The van der Waals surface area contributed by atoms with Crippen LogP contribution in [0, 0.1) is 11.3 Å². The van der Waals surface area contributed by atoms with E-state index in [-0.39, 0.29) is 12.2 Å². The zero-order valence-electron chi connectivity index (χ0n) is 8.91. The number of carbonyl (C=O) groups excluding carboxylic acids is 1. The van der Waals surface area contributed by atoms with Gasteiger partial charge in [-0.05, 0) is 13.0 Å². The fraction of sp³-hybridized carbons (Fsp3) is 0.273. The van der Waals surface area contributed by atoms with Crippen molar-refractivity contribution >= 4 is 5.97 Å². The molecule has 1 aromatic rings. The van der Waals surface area contributed by atoms with E-state index in [1.165, 1.54) is 6.92 Å². The fourth-order valence-corrected chi connectivity index (χ4v) is 1.30. The van der Waals surface area contributed by atoms with Gasteiger partial charge < -0.3 is 9.84 Å². The van der Waals surface area contributed by atoms with Gasteiger partial charge in [-0.25, -0.2) is 13.6 Å². The minimum absolute atomic E-state index is 0.0161. The SMILES string of the molecule is CCOC(=O)c1c(C(F)F)ccc(C#N)c1O. The van der Waals surface area contributed by atoms with Gasteiger partial charge >= 0.3 is 5.97 Å². The molecule has 1 N–H and O–H groups in total. The first-order valence-corrected chi connectivity index (χ1v) is 4.74. The number of aromatic hydroxyl groups is 1. The van der Waals surface area contributed by atoms with Gasteiger partial charge in [0.05, 0.1) is 12.2 Å². The predicted molar refractivity (Wildman–Crippen MR) is 53.7 cm³/mol. The van der Waals surface area contributed by atoms with E-state index in [0.29, 0.717) is 0 Å². The number of rotatable bonds is 3. The molecule has 17 heavy (non-hydrogen) atoms. The second-order valence-corrected chi connectivity index (χ2v) is 3.06. The summed E-state index contributed by atoms with van der Waals surface area (Å²) >= 11 is 0. The van der Waals surface area contributed by atoms with Gasteiger partial charge in [0.15, 0.2) is 0 Å². The van der Waals surface area contributed by atoms with E-state index in [2.05, 4.69) is 4.74 Å². The molecule has 0 spiro atoms. The lowest BCUT2D eigenvalue weighted by atomic mass is 10.0. The van der Waals surface area contributed by atoms with Crippen molar-refractivity contribution in [3.63, 3.8) is 0 Å². The summed E-state index contributed by atoms with van der Waals surface area (Å²) in [5, 5.41) is 18.2. The molecule has 90 valence electrons. The molecule has 0 saturated carbocycles. The third kappa shape index (κ3) is 2.50. The molecule has 0 radical (unpaired) electrons. The van der Waals surface area contributed by atoms with Gasteiger partial charge in [-0.1, -0.05) is 6.07 Å². The van der Waals surface area contributed by atoms with Crippen LogP contribution in [0.15, 0.2) is 12.1 Å². The number of halogens is 2. The smallest absolute Gasteiger partial charge is 0.342 e. The van der Waals surface area contributed by atoms with E-state index >= 15 is 0 Å². The van der Waals surface area contributed by atoms with E-state index in [1.54, 1.807) is 6.07 Å². The molecule has 0 atom stereocenters. The first-order chi connectivity index (χ1) is 8.02. The first-order valence-electron chi connectivity index (χ1n) is 4.74. The molecule has 0 fully saturated rings. The van der Waals surface area contributed by atoms with E-state index < -0.39 is 29.3 Å². The summed E-state index contributed by atoms with van der Waals surface area (Å²) < 4.78 is 29.8. The summed E-state index contributed by atoms with van der Waals surface area (Å²) in [7, 11) is 0. The van der Waals surface area contributed by atoms with Crippen molar-refractivity contribution in [3.05, 3.63) is 28.8 Å². The molecule has 0 aliphatic heterocycles. The molecule has 0 heterocycles. The Morgan fingerprint density at radius 3 is 2.71 bits per heavy atom. The minimum atomic E-state index is -2.94. The molecular formula is C11H9F2NO3. The van der Waals surface area contributed by atoms with Crippen molar-refractivity contribution in [2.45, 2.75) is 13.3 Å². The number of alkyl halides is 2. The lowest BCUT2D eigenvalue weighted by Crippen LogP contribution is -2.09. The number of phenolic OH excluding ortho intramolecular Hbond substituents is 1. The lowest BCUT2D eigenvalue weighted by Gasteiger charge is -2.10. The number of esters is 1. The number of nitrogens with zero attached hydrogens (tertiary/aromatic N) is 1. The van der Waals surface area contributed by atoms with Gasteiger partial charge in [-0.15, -0.1) is 0 Å². The van der Waals surface area contributed by atoms with Crippen LogP contribution in [-0.4, -0.2) is 17.7 Å². The van der Waals surface area contributed by atoms with Crippen molar-refractivity contribution < 1.29 is 23.4 Å². The molecule has 0 aromatic heterocycles. The third-order valence-electron chi connectivity index (χ3n) is 2.05. The monoisotopic (exact) mass is 241 g/mol. The van der Waals surface area contributed by atoms with Crippen molar-refractivity contribution in [3.8, 4) is 11.8 Å². The molecule has 4 nitrogen and oxygen atoms in total. The Hall–Kier alpha value is -2.16. The summed E-state index contributed by atoms with van der Waals surface area (Å²) in [5.74, 6) is -1.85. The van der Waals surface area contributed by atoms with Crippen LogP contribution in [0.4, 0.5) is 8.78 Å². The zero-order chi connectivity index (χ0) is 13.0. The number of nitriles is 1. The van der Waals surface area contributed by atoms with Gasteiger partial charge in [-0.2, -0.15) is 5.26 Å². The Morgan fingerprint density at radius 1 is 1.59 bits per heavy atom. The van der Waals surface area contributed by atoms with E-state index in [0.717, 1.165) is 12.1 Å². The van der Waals surface area contributed by atoms with Crippen LogP contribution >= 0.6 is 0 Å². The molecule has 0 amide bonds. The van der Waals surface area contributed by atoms with Crippen LogP contribution in [0.5, 0.6) is 5.75 Å². The lowest BCUT2D eigenvalue weighted by molar-refractivity contribution is 0.0511. The van der Waals surface area contributed by atoms with Crippen molar-refractivity contribution in [2.75, 3.05) is 6.61 Å². The van der Waals surface area contributed by atoms with Gasteiger partial charge in [-0.3, -0.25) is 0 Å². The van der Waals surface area contributed by atoms with Crippen LogP contribution in [0.2, 0.25) is 0 Å². The number of hydrogen-bond acceptors (Lipinski definition) is 4. The highest BCUT2D eigenvalue weighted by Gasteiger charge is 2.25. The van der Waals surface area contributed by atoms with E-state index in [1.807, 2.05) is 0 Å². The Bertz CT molecular complexity index is 480. The van der Waals surface area contributed by atoms with Crippen LogP contribution in [0.1, 0.15) is 34.8 Å². The Labute approximate surface area is 96.0 Å². The molecule has 0 unspecified atom stereocenters. The van der Waals surface area contributed by atoms with E-state index in [9.17, 15) is 18.7 Å². The summed E-state index contributed by atoms with van der Waals surface area (Å²) in [6.45, 7) is 1.49. The maximum atomic E-state index is 12.6. The molecular weight excluding hydrogens is 232 g/mol. The van der Waals surface area contributed by atoms with Crippen LogP contribution in [0.3, 0.4) is 0 Å². The van der Waals surface area contributed by atoms with Gasteiger partial charge in [0.1, 0.15) is 17.4 Å². The number of benzene rings is 1. The fourth-order valence-electron chi connectivity index (χ4n) is 1.30. The average molecular weight is 241 g/mol. The molecule has 1 aromatic carbocycles. The zero-order valence-corrected chi connectivity index (χ0v) is 8.91. The predicted octanol–water partition coefficient (Wildman–Crippen LogP) is 2.38. The first kappa shape index (κ1) is 12.9. The maximum Gasteiger partial charge on any atom is 0.342 e. The second kappa shape index (κ2) is 5.25. The second-order valence-electron chi connectivity index (χ2n) is 3.06. The standard InChI is InChI=1S/C11H9F2NO3/c1-2-17-11(16)8-7(10(12)13)4-3-6(5-14)9(8)15/h3-4,10,15H,2H2,1H3. The maximum absolute atomic E-state index is 12.6. The number of carbonyl (C=O) groups is 1. The molecule has 6 heteroatoms. The van der Waals surface area contributed by atoms with Crippen molar-refractivity contribution in [2.24, 2.45) is 0 Å². The van der Waals surface area contributed by atoms with Gasteiger partial charge in [0, 0.05) is 5.56 Å². The Kier molecular flexibility index (Phi) is 3.99. The van der Waals surface area contributed by atoms with E-state index in [4.69, 9.17) is 5.26 Å². The van der Waals surface area contributed by atoms with Gasteiger partial charge in [0.25, 0.3) is 6.43 Å². The topological polar surface area (TPSA) is 70.3 Å². The minimum Gasteiger partial charge on any atom is -0.506 e. The van der Waals surface area contributed by atoms with Crippen molar-refractivity contribution in [1.82, 2.24) is 0 Å². The Balaban J connectivity index is 3.41. The van der Waals surface area contributed by atoms with Gasteiger partial charge in [0.2, 0.25) is 0 Å². The van der Waals surface area contributed by atoms with Crippen LogP contribution in [0.25, 0.3) is 0 Å². The highest BCUT2D eigenvalue weighted by molar-refractivity contribution is 5.95. The van der Waals surface area contributed by atoms with Crippen molar-refractivity contribution in [1.29, 1.82) is 5.26 Å². The number of hydrogen-bond donors (Lipinski definition) is 1. The highest BCUT2D eigenvalue weighted by atomic mass is 19.3. The molecule has 1 rings (SSSR count). The third-order valence-corrected chi connectivity index (χ3v) is 2.05. The van der Waals surface area contributed by atoms with Crippen LogP contribution < -0.4 is 0 Å². The quantitative estimate of drug-likeness (QED) is 0.825. The summed E-state index contributed by atoms with van der Waals surface area (Å²) in [6, 6.07) is 3.55. The average Bonchev–Trinajstić information content (AvgIpc) is 2.28. The molecule has 0 bridgehead atoms. The molecule has 0 aliphatic carbocycles. The summed E-state index contributed by atoms with van der Waals surface area (Å²) in [5.41, 5.74) is -1.56. The normalized spacial score (nSPS) is 10.1. The number of ether oxygens (including phenoxy) is 1. The number of phenols is 1.